The van der Waals surface area contributed by atoms with Crippen molar-refractivity contribution in [2.24, 2.45) is 0 Å². The fraction of sp³-hybridized carbons (Fsp3) is 0.625. The van der Waals surface area contributed by atoms with Crippen LogP contribution in [0.25, 0.3) is 0 Å². The van der Waals surface area contributed by atoms with E-state index in [2.05, 4.69) is 10.2 Å². The zero-order chi connectivity index (χ0) is 10.2. The van der Waals surface area contributed by atoms with Crippen LogP contribution in [0.3, 0.4) is 0 Å². The fourth-order valence-electron chi connectivity index (χ4n) is 1.90. The van der Waals surface area contributed by atoms with Crippen molar-refractivity contribution in [3.05, 3.63) is 22.0 Å². The molecular weight excluding hydrogens is 186 g/mol. The van der Waals surface area contributed by atoms with Gasteiger partial charge in [-0.25, -0.2) is 0 Å². The fourth-order valence-corrected chi connectivity index (χ4v) is 1.90. The molecule has 0 saturated heterocycles. The Morgan fingerprint density at radius 1 is 1.71 bits per heavy atom. The maximum atomic E-state index is 10.6. The van der Waals surface area contributed by atoms with Gasteiger partial charge in [0.1, 0.15) is 11.9 Å². The second-order valence-electron chi connectivity index (χ2n) is 3.68. The molecular formula is C8H11N3O3. The van der Waals surface area contributed by atoms with Crippen LogP contribution in [0, 0.1) is 10.1 Å². The lowest BCUT2D eigenvalue weighted by Gasteiger charge is -2.38. The van der Waals surface area contributed by atoms with Gasteiger partial charge in [0.25, 0.3) is 0 Å². The zero-order valence-electron chi connectivity index (χ0n) is 7.56. The second-order valence-corrected chi connectivity index (χ2v) is 3.68. The molecule has 0 spiro atoms. The molecule has 0 radical (unpaired) electrons. The monoisotopic (exact) mass is 197 g/mol. The summed E-state index contributed by atoms with van der Waals surface area (Å²) < 4.78 is 0. The van der Waals surface area contributed by atoms with Crippen LogP contribution in [-0.4, -0.2) is 26.8 Å². The predicted octanol–water partition coefficient (Wildman–Crippen LogP) is 0.732. The number of aliphatic hydroxyl groups excluding tert-OH is 1. The summed E-state index contributed by atoms with van der Waals surface area (Å²) in [5.41, 5.74) is 0.00817. The molecule has 1 saturated carbocycles. The Morgan fingerprint density at radius 2 is 2.43 bits per heavy atom. The highest BCUT2D eigenvalue weighted by molar-refractivity contribution is 5.39. The summed E-state index contributed by atoms with van der Waals surface area (Å²) in [4.78, 5) is 10.2. The lowest BCUT2D eigenvalue weighted by molar-refractivity contribution is -0.386. The number of rotatable bonds is 3. The third-order valence-electron chi connectivity index (χ3n) is 2.96. The van der Waals surface area contributed by atoms with Crippen LogP contribution in [0.2, 0.25) is 0 Å². The van der Waals surface area contributed by atoms with E-state index >= 15 is 0 Å². The number of hydrogen-bond acceptors (Lipinski definition) is 4. The Hall–Kier alpha value is -1.43. The predicted molar refractivity (Wildman–Crippen MR) is 47.9 cm³/mol. The minimum Gasteiger partial charge on any atom is -0.395 e. The van der Waals surface area contributed by atoms with Gasteiger partial charge in [0, 0.05) is 5.41 Å². The Bertz CT molecular complexity index is 351. The molecule has 0 unspecified atom stereocenters. The average Bonchev–Trinajstić information content (AvgIpc) is 2.52. The smallest absolute Gasteiger partial charge is 0.310 e. The largest absolute Gasteiger partial charge is 0.395 e. The van der Waals surface area contributed by atoms with Crippen LogP contribution in [0.4, 0.5) is 5.69 Å². The number of aromatic amines is 1. The zero-order valence-corrected chi connectivity index (χ0v) is 7.56. The molecule has 1 aromatic rings. The van der Waals surface area contributed by atoms with Crippen molar-refractivity contribution in [1.82, 2.24) is 10.2 Å². The molecule has 2 N–H and O–H groups in total. The number of aliphatic hydroxyl groups is 1. The van der Waals surface area contributed by atoms with Crippen molar-refractivity contribution in [3.63, 3.8) is 0 Å². The number of nitrogens with zero attached hydrogens (tertiary/aromatic N) is 2. The highest BCUT2D eigenvalue weighted by Gasteiger charge is 2.44. The first-order valence-electron chi connectivity index (χ1n) is 4.49. The molecule has 0 bridgehead atoms. The van der Waals surface area contributed by atoms with Gasteiger partial charge in [-0.15, -0.1) is 0 Å². The SMILES string of the molecule is O=[N+]([O-])c1cn[nH]c1C1(CO)CCC1. The summed E-state index contributed by atoms with van der Waals surface area (Å²) in [6.07, 6.45) is 3.76. The number of aromatic nitrogens is 2. The molecule has 6 nitrogen and oxygen atoms in total. The van der Waals surface area contributed by atoms with E-state index in [4.69, 9.17) is 0 Å². The Kier molecular flexibility index (Phi) is 1.99. The van der Waals surface area contributed by atoms with Gasteiger partial charge >= 0.3 is 5.69 Å². The second kappa shape index (κ2) is 3.06. The van der Waals surface area contributed by atoms with Crippen molar-refractivity contribution in [2.45, 2.75) is 24.7 Å². The van der Waals surface area contributed by atoms with Gasteiger partial charge in [-0.1, -0.05) is 6.42 Å². The van der Waals surface area contributed by atoms with Crippen LogP contribution < -0.4 is 0 Å². The van der Waals surface area contributed by atoms with Crippen LogP contribution in [0.15, 0.2) is 6.20 Å². The molecule has 0 amide bonds. The average molecular weight is 197 g/mol. The van der Waals surface area contributed by atoms with Crippen molar-refractivity contribution in [1.29, 1.82) is 0 Å². The molecule has 1 fully saturated rings. The first-order valence-corrected chi connectivity index (χ1v) is 4.49. The van der Waals surface area contributed by atoms with E-state index in [-0.39, 0.29) is 12.3 Å². The maximum Gasteiger partial charge on any atom is 0.310 e. The van der Waals surface area contributed by atoms with Crippen LogP contribution in [-0.2, 0) is 5.41 Å². The number of nitrogens with one attached hydrogen (secondary N) is 1. The lowest BCUT2D eigenvalue weighted by Crippen LogP contribution is -2.38. The van der Waals surface area contributed by atoms with Gasteiger partial charge in [-0.2, -0.15) is 5.10 Å². The van der Waals surface area contributed by atoms with Gasteiger partial charge in [0.15, 0.2) is 0 Å². The van der Waals surface area contributed by atoms with E-state index in [1.165, 1.54) is 6.20 Å². The molecule has 2 rings (SSSR count). The molecule has 1 aromatic heterocycles. The quantitative estimate of drug-likeness (QED) is 0.552. The Morgan fingerprint density at radius 3 is 2.86 bits per heavy atom. The normalized spacial score (nSPS) is 18.9. The molecule has 1 aliphatic rings. The lowest BCUT2D eigenvalue weighted by atomic mass is 9.67. The van der Waals surface area contributed by atoms with Crippen molar-refractivity contribution < 1.29 is 10.0 Å². The van der Waals surface area contributed by atoms with E-state index in [0.29, 0.717) is 5.69 Å². The summed E-state index contributed by atoms with van der Waals surface area (Å²) in [6, 6.07) is 0. The summed E-state index contributed by atoms with van der Waals surface area (Å²) >= 11 is 0. The van der Waals surface area contributed by atoms with E-state index < -0.39 is 10.3 Å². The molecule has 6 heteroatoms. The van der Waals surface area contributed by atoms with E-state index in [9.17, 15) is 15.2 Å². The van der Waals surface area contributed by atoms with Crippen LogP contribution in [0.1, 0.15) is 25.0 Å². The van der Waals surface area contributed by atoms with E-state index in [0.717, 1.165) is 19.3 Å². The molecule has 1 aliphatic carbocycles. The molecule has 76 valence electrons. The van der Waals surface area contributed by atoms with E-state index in [1.807, 2.05) is 0 Å². The molecule has 0 aliphatic heterocycles. The topological polar surface area (TPSA) is 92.0 Å². The summed E-state index contributed by atoms with van der Waals surface area (Å²) in [5, 5.41) is 26.2. The summed E-state index contributed by atoms with van der Waals surface area (Å²) in [6.45, 7) is -0.0595. The van der Waals surface area contributed by atoms with Crippen molar-refractivity contribution in [3.8, 4) is 0 Å². The van der Waals surface area contributed by atoms with Crippen LogP contribution in [0.5, 0.6) is 0 Å². The van der Waals surface area contributed by atoms with E-state index in [1.54, 1.807) is 0 Å². The highest BCUT2D eigenvalue weighted by atomic mass is 16.6. The number of nitro groups is 1. The molecule has 0 atom stereocenters. The minimum atomic E-state index is -0.464. The van der Waals surface area contributed by atoms with Gasteiger partial charge in [0.05, 0.1) is 11.5 Å². The number of hydrogen-bond donors (Lipinski definition) is 2. The molecule has 1 heterocycles. The standard InChI is InChI=1S/C8H11N3O3/c12-5-8(2-1-3-8)7-6(11(13)14)4-9-10-7/h4,12H,1-3,5H2,(H,9,10). The van der Waals surface area contributed by atoms with Gasteiger partial charge in [-0.3, -0.25) is 15.2 Å². The first-order chi connectivity index (χ1) is 6.69. The number of H-pyrrole nitrogens is 1. The third-order valence-corrected chi connectivity index (χ3v) is 2.96. The molecule has 0 aromatic carbocycles. The highest BCUT2D eigenvalue weighted by Crippen LogP contribution is 2.45. The van der Waals surface area contributed by atoms with Crippen molar-refractivity contribution in [2.75, 3.05) is 6.61 Å². The maximum absolute atomic E-state index is 10.6. The van der Waals surface area contributed by atoms with Crippen LogP contribution >= 0.6 is 0 Å². The minimum absolute atomic E-state index is 0.0150. The Labute approximate surface area is 80.1 Å². The summed E-state index contributed by atoms with van der Waals surface area (Å²) in [7, 11) is 0. The Balaban J connectivity index is 2.39. The third kappa shape index (κ3) is 1.11. The first kappa shape index (κ1) is 9.14. The van der Waals surface area contributed by atoms with Crippen molar-refractivity contribution >= 4 is 5.69 Å². The molecule has 14 heavy (non-hydrogen) atoms. The van der Waals surface area contributed by atoms with Gasteiger partial charge < -0.3 is 5.11 Å². The van der Waals surface area contributed by atoms with Gasteiger partial charge in [0.2, 0.25) is 0 Å². The van der Waals surface area contributed by atoms with Gasteiger partial charge in [-0.05, 0) is 12.8 Å². The summed E-state index contributed by atoms with van der Waals surface area (Å²) in [5.74, 6) is 0.